The van der Waals surface area contributed by atoms with Crippen LogP contribution in [0.4, 0.5) is 10.5 Å². The fraction of sp³-hybridized carbons (Fsp3) is 0.538. The van der Waals surface area contributed by atoms with E-state index in [9.17, 15) is 24.0 Å². The minimum atomic E-state index is -0.817. The van der Waals surface area contributed by atoms with Crippen LogP contribution in [0.3, 0.4) is 0 Å². The van der Waals surface area contributed by atoms with Crippen LogP contribution < -0.4 is 21.5 Å². The highest BCUT2D eigenvalue weighted by Crippen LogP contribution is 2.23. The van der Waals surface area contributed by atoms with Crippen molar-refractivity contribution in [2.75, 3.05) is 25.0 Å². The quantitative estimate of drug-likeness (QED) is 0.497. The highest BCUT2D eigenvalue weighted by Gasteiger charge is 2.31. The van der Waals surface area contributed by atoms with E-state index in [1.54, 1.807) is 25.1 Å². The number of nitrogens with zero attached hydrogens (tertiary/aromatic N) is 3. The fourth-order valence-corrected chi connectivity index (χ4v) is 4.83. The van der Waals surface area contributed by atoms with Crippen LogP contribution in [0.25, 0.3) is 10.9 Å². The molecular weight excluding hydrogens is 492 g/mol. The van der Waals surface area contributed by atoms with E-state index in [4.69, 9.17) is 4.74 Å². The number of alkyl carbamates (subject to hydrolysis) is 1. The fourth-order valence-electron chi connectivity index (χ4n) is 4.83. The zero-order valence-corrected chi connectivity index (χ0v) is 22.1. The van der Waals surface area contributed by atoms with Crippen LogP contribution in [0.15, 0.2) is 23.0 Å². The number of hydrogen-bond donors (Lipinski definition) is 3. The van der Waals surface area contributed by atoms with E-state index in [0.29, 0.717) is 43.0 Å². The maximum Gasteiger partial charge on any atom is 0.407 e. The van der Waals surface area contributed by atoms with E-state index < -0.39 is 29.2 Å². The van der Waals surface area contributed by atoms with Gasteiger partial charge in [0.15, 0.2) is 0 Å². The van der Waals surface area contributed by atoms with Gasteiger partial charge in [-0.2, -0.15) is 0 Å². The molecule has 2 aromatic rings. The lowest BCUT2D eigenvalue weighted by molar-refractivity contribution is -0.135. The van der Waals surface area contributed by atoms with Gasteiger partial charge in [-0.05, 0) is 59.1 Å². The Labute approximate surface area is 220 Å². The Morgan fingerprint density at radius 2 is 1.84 bits per heavy atom. The number of carbonyl (C=O) groups is 4. The highest BCUT2D eigenvalue weighted by molar-refractivity contribution is 6.01. The number of anilines is 1. The van der Waals surface area contributed by atoms with E-state index in [1.807, 2.05) is 25.7 Å². The lowest BCUT2D eigenvalue weighted by atomic mass is 10.1. The number of carbonyl (C=O) groups excluding carboxylic acids is 4. The molecule has 2 saturated heterocycles. The molecule has 0 saturated carbocycles. The topological polar surface area (TPSA) is 152 Å². The van der Waals surface area contributed by atoms with Gasteiger partial charge in [0.1, 0.15) is 23.0 Å². The summed E-state index contributed by atoms with van der Waals surface area (Å²) in [6.45, 7) is 8.49. The van der Waals surface area contributed by atoms with Crippen LogP contribution in [-0.4, -0.2) is 69.5 Å². The van der Waals surface area contributed by atoms with Crippen molar-refractivity contribution in [3.63, 3.8) is 0 Å². The Balaban J connectivity index is 1.40. The van der Waals surface area contributed by atoms with Crippen LogP contribution in [-0.2, 0) is 19.1 Å². The van der Waals surface area contributed by atoms with Crippen molar-refractivity contribution in [1.82, 2.24) is 25.1 Å². The van der Waals surface area contributed by atoms with Gasteiger partial charge in [0.05, 0.1) is 17.6 Å². The summed E-state index contributed by atoms with van der Waals surface area (Å²) in [7, 11) is 0. The molecule has 204 valence electrons. The Morgan fingerprint density at radius 1 is 1.13 bits per heavy atom. The van der Waals surface area contributed by atoms with Gasteiger partial charge in [0.25, 0.3) is 5.56 Å². The molecule has 1 aromatic carbocycles. The predicted octanol–water partition coefficient (Wildman–Crippen LogP) is 1.61. The van der Waals surface area contributed by atoms with E-state index in [-0.39, 0.29) is 42.6 Å². The number of para-hydroxylation sites is 1. The largest absolute Gasteiger partial charge is 0.444 e. The third kappa shape index (κ3) is 6.36. The maximum atomic E-state index is 13.3. The molecule has 0 bridgehead atoms. The molecule has 0 radical (unpaired) electrons. The Bertz CT molecular complexity index is 1320. The van der Waals surface area contributed by atoms with Crippen LogP contribution in [0.2, 0.25) is 0 Å². The smallest absolute Gasteiger partial charge is 0.407 e. The molecular formula is C26H34N6O6. The number of piperidine rings is 2. The van der Waals surface area contributed by atoms with Crippen LogP contribution in [0.1, 0.15) is 58.3 Å². The second kappa shape index (κ2) is 10.9. The number of fused-ring (bicyclic) bond motifs is 1. The van der Waals surface area contributed by atoms with Crippen LogP contribution in [0.5, 0.6) is 0 Å². The molecule has 12 heteroatoms. The van der Waals surface area contributed by atoms with E-state index in [1.165, 1.54) is 4.57 Å². The molecule has 38 heavy (non-hydrogen) atoms. The molecule has 0 aliphatic carbocycles. The predicted molar refractivity (Wildman–Crippen MR) is 140 cm³/mol. The monoisotopic (exact) mass is 526 g/mol. The Hall–Kier alpha value is -3.80. The number of ether oxygens (including phenoxy) is 1. The number of likely N-dealkylation sites (tertiary alicyclic amines) is 1. The summed E-state index contributed by atoms with van der Waals surface area (Å²) in [5, 5.41) is 8.29. The van der Waals surface area contributed by atoms with Crippen molar-refractivity contribution >= 4 is 40.4 Å². The highest BCUT2D eigenvalue weighted by atomic mass is 16.6. The molecule has 4 rings (SSSR count). The lowest BCUT2D eigenvalue weighted by Gasteiger charge is -2.32. The van der Waals surface area contributed by atoms with Crippen molar-refractivity contribution in [2.45, 2.75) is 71.1 Å². The number of imide groups is 1. The SMILES string of the molecule is Cc1nc2c(NC(=O)CN3CCC(NC(=O)OC(C)(C)C)CC3)cccc2c(=O)n1C1CCC(=O)NC1=O. The summed E-state index contributed by atoms with van der Waals surface area (Å²) in [6, 6.07) is 4.10. The van der Waals surface area contributed by atoms with Gasteiger partial charge >= 0.3 is 6.09 Å². The third-order valence-electron chi connectivity index (χ3n) is 6.58. The zero-order chi connectivity index (χ0) is 27.6. The number of aromatic nitrogens is 2. The summed E-state index contributed by atoms with van der Waals surface area (Å²) in [6.07, 6.45) is 1.32. The third-order valence-corrected chi connectivity index (χ3v) is 6.58. The number of amides is 4. The molecule has 2 aliphatic heterocycles. The molecule has 0 spiro atoms. The summed E-state index contributed by atoms with van der Waals surface area (Å²) in [4.78, 5) is 68.6. The van der Waals surface area contributed by atoms with Crippen molar-refractivity contribution < 1.29 is 23.9 Å². The van der Waals surface area contributed by atoms with Crippen molar-refractivity contribution in [1.29, 1.82) is 0 Å². The standard InChI is InChI=1S/C26H34N6O6/c1-15-27-22-17(24(36)32(15)19-8-9-20(33)30-23(19)35)6-5-7-18(22)29-21(34)14-31-12-10-16(11-13-31)28-25(37)38-26(2,3)4/h5-7,16,19H,8-14H2,1-4H3,(H,28,37)(H,29,34)(H,30,33,35). The number of nitrogens with one attached hydrogen (secondary N) is 3. The molecule has 12 nitrogen and oxygen atoms in total. The van der Waals surface area contributed by atoms with Gasteiger partial charge in [0, 0.05) is 25.6 Å². The zero-order valence-electron chi connectivity index (χ0n) is 22.1. The average Bonchev–Trinajstić information content (AvgIpc) is 2.81. The first-order chi connectivity index (χ1) is 17.9. The van der Waals surface area contributed by atoms with Crippen molar-refractivity contribution in [3.8, 4) is 0 Å². The summed E-state index contributed by atoms with van der Waals surface area (Å²) in [5.41, 5.74) is -0.218. The van der Waals surface area contributed by atoms with Gasteiger partial charge < -0.3 is 15.4 Å². The van der Waals surface area contributed by atoms with E-state index >= 15 is 0 Å². The van der Waals surface area contributed by atoms with Gasteiger partial charge in [-0.1, -0.05) is 6.07 Å². The number of rotatable bonds is 5. The first kappa shape index (κ1) is 27.2. The number of benzene rings is 1. The molecule has 3 heterocycles. The molecule has 2 fully saturated rings. The summed E-state index contributed by atoms with van der Waals surface area (Å²) < 4.78 is 6.62. The second-order valence-corrected chi connectivity index (χ2v) is 10.7. The first-order valence-electron chi connectivity index (χ1n) is 12.8. The molecule has 2 aliphatic rings. The average molecular weight is 527 g/mol. The summed E-state index contributed by atoms with van der Waals surface area (Å²) in [5.74, 6) is -0.815. The molecule has 1 aromatic heterocycles. The lowest BCUT2D eigenvalue weighted by Crippen LogP contribution is -2.47. The summed E-state index contributed by atoms with van der Waals surface area (Å²) >= 11 is 0. The number of hydrogen-bond acceptors (Lipinski definition) is 8. The molecule has 1 unspecified atom stereocenters. The van der Waals surface area contributed by atoms with Gasteiger partial charge in [-0.25, -0.2) is 9.78 Å². The van der Waals surface area contributed by atoms with E-state index in [0.717, 1.165) is 0 Å². The normalized spacial score (nSPS) is 19.2. The van der Waals surface area contributed by atoms with Gasteiger partial charge in [0.2, 0.25) is 17.7 Å². The van der Waals surface area contributed by atoms with Crippen molar-refractivity contribution in [3.05, 3.63) is 34.4 Å². The van der Waals surface area contributed by atoms with Gasteiger partial charge in [-0.3, -0.25) is 34.0 Å². The molecule has 3 N–H and O–H groups in total. The molecule has 1 atom stereocenters. The Morgan fingerprint density at radius 3 is 2.50 bits per heavy atom. The van der Waals surface area contributed by atoms with Crippen molar-refractivity contribution in [2.24, 2.45) is 0 Å². The van der Waals surface area contributed by atoms with Gasteiger partial charge in [-0.15, -0.1) is 0 Å². The molecule has 4 amide bonds. The minimum absolute atomic E-state index is 0.0130. The number of aryl methyl sites for hydroxylation is 1. The first-order valence-corrected chi connectivity index (χ1v) is 12.8. The van der Waals surface area contributed by atoms with Crippen LogP contribution in [0, 0.1) is 6.92 Å². The second-order valence-electron chi connectivity index (χ2n) is 10.7. The van der Waals surface area contributed by atoms with Crippen LogP contribution >= 0.6 is 0 Å². The van der Waals surface area contributed by atoms with E-state index in [2.05, 4.69) is 20.9 Å². The Kier molecular flexibility index (Phi) is 7.81. The minimum Gasteiger partial charge on any atom is -0.444 e. The maximum absolute atomic E-state index is 13.3.